The summed E-state index contributed by atoms with van der Waals surface area (Å²) >= 11 is 0. The van der Waals surface area contributed by atoms with E-state index in [2.05, 4.69) is 10.00 Å². The molecule has 3 aromatic rings. The van der Waals surface area contributed by atoms with Gasteiger partial charge in [-0.15, -0.1) is 0 Å². The molecule has 1 amide bonds. The highest BCUT2D eigenvalue weighted by Crippen LogP contribution is 2.30. The Bertz CT molecular complexity index is 1100. The lowest BCUT2D eigenvalue weighted by molar-refractivity contribution is 0.0626. The molecule has 2 heterocycles. The maximum atomic E-state index is 13.4. The van der Waals surface area contributed by atoms with E-state index >= 15 is 0 Å². The molecule has 1 aromatic heterocycles. The van der Waals surface area contributed by atoms with Gasteiger partial charge < -0.3 is 4.90 Å². The molecule has 29 heavy (non-hydrogen) atoms. The van der Waals surface area contributed by atoms with Crippen molar-refractivity contribution in [2.75, 3.05) is 32.7 Å². The van der Waals surface area contributed by atoms with Crippen molar-refractivity contribution in [3.05, 3.63) is 70.6 Å². The number of carbonyl (C=O) groups is 1. The summed E-state index contributed by atoms with van der Waals surface area (Å²) in [6, 6.07) is 16.5. The number of para-hydroxylation sites is 1. The minimum atomic E-state index is -0.211. The van der Waals surface area contributed by atoms with Gasteiger partial charge in [0.25, 0.3) is 11.5 Å². The number of fused-ring (bicyclic) bond motifs is 1. The first kappa shape index (κ1) is 18.1. The van der Waals surface area contributed by atoms with Gasteiger partial charge >= 0.3 is 0 Å². The molecule has 0 unspecified atom stereocenters. The number of carbonyl (C=O) groups excluding carboxylic acids is 1. The summed E-state index contributed by atoms with van der Waals surface area (Å²) in [5.74, 6) is 0.759. The highest BCUT2D eigenvalue weighted by molar-refractivity contribution is 6.04. The maximum absolute atomic E-state index is 13.4. The van der Waals surface area contributed by atoms with E-state index in [1.807, 2.05) is 53.4 Å². The Morgan fingerprint density at radius 2 is 1.55 bits per heavy atom. The topological polar surface area (TPSA) is 58.4 Å². The predicted molar refractivity (Wildman–Crippen MR) is 112 cm³/mol. The van der Waals surface area contributed by atoms with Gasteiger partial charge in [0.05, 0.1) is 11.1 Å². The second-order valence-corrected chi connectivity index (χ2v) is 7.98. The number of benzene rings is 2. The van der Waals surface area contributed by atoms with Crippen LogP contribution in [0, 0.1) is 5.92 Å². The lowest BCUT2D eigenvalue weighted by atomic mass is 10.1. The number of nitrogens with zero attached hydrogens (tertiary/aromatic N) is 4. The van der Waals surface area contributed by atoms with Crippen LogP contribution in [0.15, 0.2) is 59.4 Å². The lowest BCUT2D eigenvalue weighted by Gasteiger charge is -2.34. The van der Waals surface area contributed by atoms with Gasteiger partial charge in [-0.2, -0.15) is 9.78 Å². The van der Waals surface area contributed by atoms with Crippen LogP contribution >= 0.6 is 0 Å². The van der Waals surface area contributed by atoms with Crippen molar-refractivity contribution in [1.29, 1.82) is 0 Å². The van der Waals surface area contributed by atoms with E-state index in [4.69, 9.17) is 0 Å². The number of hydrogen-bond donors (Lipinski definition) is 0. The molecule has 2 aliphatic rings. The highest BCUT2D eigenvalue weighted by Gasteiger charge is 2.29. The van der Waals surface area contributed by atoms with Crippen LogP contribution in [0.3, 0.4) is 0 Å². The molecule has 0 radical (unpaired) electrons. The molecule has 6 heteroatoms. The Labute approximate surface area is 169 Å². The Hall–Kier alpha value is -2.99. The summed E-state index contributed by atoms with van der Waals surface area (Å²) < 4.78 is 1.35. The lowest BCUT2D eigenvalue weighted by Crippen LogP contribution is -2.49. The molecule has 0 atom stereocenters. The van der Waals surface area contributed by atoms with Crippen molar-refractivity contribution in [2.24, 2.45) is 5.92 Å². The zero-order valence-corrected chi connectivity index (χ0v) is 16.3. The molecule has 1 saturated heterocycles. The van der Waals surface area contributed by atoms with Crippen molar-refractivity contribution in [3.8, 4) is 5.69 Å². The summed E-state index contributed by atoms with van der Waals surface area (Å²) in [6.07, 6.45) is 2.69. The largest absolute Gasteiger partial charge is 0.335 e. The SMILES string of the molecule is O=C(c1nn(-c2ccccc2)c(=O)c2ccccc12)N1CCN(CC2CC2)CC1. The molecular formula is C23H24N4O2. The maximum Gasteiger partial charge on any atom is 0.279 e. The van der Waals surface area contributed by atoms with Gasteiger partial charge in [0.2, 0.25) is 0 Å². The third-order valence-corrected chi connectivity index (χ3v) is 5.88. The minimum Gasteiger partial charge on any atom is -0.335 e. The molecule has 0 N–H and O–H groups in total. The van der Waals surface area contributed by atoms with E-state index in [-0.39, 0.29) is 11.5 Å². The van der Waals surface area contributed by atoms with Gasteiger partial charge in [0.15, 0.2) is 5.69 Å². The molecule has 0 spiro atoms. The van der Waals surface area contributed by atoms with Crippen LogP contribution in [0.2, 0.25) is 0 Å². The summed E-state index contributed by atoms with van der Waals surface area (Å²) in [7, 11) is 0. The zero-order valence-electron chi connectivity index (χ0n) is 16.3. The number of aromatic nitrogens is 2. The summed E-state index contributed by atoms with van der Waals surface area (Å²) in [4.78, 5) is 30.7. The van der Waals surface area contributed by atoms with Crippen LogP contribution in [0.1, 0.15) is 23.3 Å². The first-order valence-electron chi connectivity index (χ1n) is 10.3. The fourth-order valence-electron chi connectivity index (χ4n) is 4.04. The summed E-state index contributed by atoms with van der Waals surface area (Å²) in [6.45, 7) is 4.36. The number of piperazine rings is 1. The Kier molecular flexibility index (Phi) is 4.64. The number of hydrogen-bond acceptors (Lipinski definition) is 4. The highest BCUT2D eigenvalue weighted by atomic mass is 16.2. The number of amides is 1. The van der Waals surface area contributed by atoms with Crippen LogP contribution < -0.4 is 5.56 Å². The Morgan fingerprint density at radius 3 is 2.24 bits per heavy atom. The smallest absolute Gasteiger partial charge is 0.279 e. The monoisotopic (exact) mass is 388 g/mol. The normalized spacial score (nSPS) is 17.6. The van der Waals surface area contributed by atoms with E-state index in [1.54, 1.807) is 6.07 Å². The van der Waals surface area contributed by atoms with Crippen LogP contribution in [0.5, 0.6) is 0 Å². The van der Waals surface area contributed by atoms with E-state index in [9.17, 15) is 9.59 Å². The van der Waals surface area contributed by atoms with Gasteiger partial charge in [-0.05, 0) is 37.0 Å². The van der Waals surface area contributed by atoms with Crippen molar-refractivity contribution >= 4 is 16.7 Å². The quantitative estimate of drug-likeness (QED) is 0.689. The fraction of sp³-hybridized carbons (Fsp3) is 0.348. The van der Waals surface area contributed by atoms with Gasteiger partial charge in [0, 0.05) is 38.1 Å². The molecule has 1 aliphatic heterocycles. The first-order valence-corrected chi connectivity index (χ1v) is 10.3. The average Bonchev–Trinajstić information content (AvgIpc) is 3.59. The fourth-order valence-corrected chi connectivity index (χ4v) is 4.04. The van der Waals surface area contributed by atoms with E-state index in [1.165, 1.54) is 17.5 Å². The average molecular weight is 388 g/mol. The predicted octanol–water partition coefficient (Wildman–Crippen LogP) is 2.55. The molecule has 2 fully saturated rings. The minimum absolute atomic E-state index is 0.100. The Balaban J connectivity index is 1.50. The summed E-state index contributed by atoms with van der Waals surface area (Å²) in [5.41, 5.74) is 0.795. The summed E-state index contributed by atoms with van der Waals surface area (Å²) in [5, 5.41) is 5.66. The molecule has 1 aliphatic carbocycles. The molecule has 0 bridgehead atoms. The third-order valence-electron chi connectivity index (χ3n) is 5.88. The molecule has 148 valence electrons. The van der Waals surface area contributed by atoms with E-state index in [0.717, 1.165) is 25.6 Å². The molecule has 5 rings (SSSR count). The molecule has 6 nitrogen and oxygen atoms in total. The Morgan fingerprint density at radius 1 is 0.897 bits per heavy atom. The van der Waals surface area contributed by atoms with Gasteiger partial charge in [-0.3, -0.25) is 14.5 Å². The van der Waals surface area contributed by atoms with Gasteiger partial charge in [-0.25, -0.2) is 0 Å². The number of rotatable bonds is 4. The van der Waals surface area contributed by atoms with Crippen LogP contribution in [0.25, 0.3) is 16.5 Å². The molecular weight excluding hydrogens is 364 g/mol. The third kappa shape index (κ3) is 3.56. The van der Waals surface area contributed by atoms with Crippen molar-refractivity contribution < 1.29 is 4.79 Å². The second-order valence-electron chi connectivity index (χ2n) is 7.98. The van der Waals surface area contributed by atoms with Crippen LogP contribution in [0.4, 0.5) is 0 Å². The van der Waals surface area contributed by atoms with E-state index in [0.29, 0.717) is 35.2 Å². The van der Waals surface area contributed by atoms with Crippen molar-refractivity contribution in [3.63, 3.8) is 0 Å². The van der Waals surface area contributed by atoms with Crippen LogP contribution in [-0.4, -0.2) is 58.2 Å². The molecule has 2 aromatic carbocycles. The van der Waals surface area contributed by atoms with Crippen molar-refractivity contribution in [2.45, 2.75) is 12.8 Å². The standard InChI is InChI=1S/C23H24N4O2/c28-22-20-9-5-4-8-19(20)21(24-27(22)18-6-2-1-3-7-18)23(29)26-14-12-25(13-15-26)16-17-10-11-17/h1-9,17H,10-16H2. The van der Waals surface area contributed by atoms with Gasteiger partial charge in [0.1, 0.15) is 0 Å². The second kappa shape index (κ2) is 7.44. The first-order chi connectivity index (χ1) is 14.2. The van der Waals surface area contributed by atoms with Crippen molar-refractivity contribution in [1.82, 2.24) is 19.6 Å². The molecule has 1 saturated carbocycles. The van der Waals surface area contributed by atoms with E-state index < -0.39 is 0 Å². The zero-order chi connectivity index (χ0) is 19.8. The van der Waals surface area contributed by atoms with Gasteiger partial charge in [-0.1, -0.05) is 36.4 Å². The van der Waals surface area contributed by atoms with Crippen LogP contribution in [-0.2, 0) is 0 Å².